The molecule has 1 aromatic heterocycles. The summed E-state index contributed by atoms with van der Waals surface area (Å²) in [4.78, 5) is 11.8. The summed E-state index contributed by atoms with van der Waals surface area (Å²) in [6.45, 7) is 0. The number of halogens is 2. The van der Waals surface area contributed by atoms with Crippen LogP contribution in [0.15, 0.2) is 29.6 Å². The number of ketones is 1. The summed E-state index contributed by atoms with van der Waals surface area (Å²) < 4.78 is 16.6. The monoisotopic (exact) mass is 241 g/mol. The van der Waals surface area contributed by atoms with Crippen molar-refractivity contribution < 1.29 is 9.18 Å². The largest absolute Gasteiger partial charge is 0.287 e. The Morgan fingerprint density at radius 1 is 1.40 bits per heavy atom. The lowest BCUT2D eigenvalue weighted by molar-refractivity contribution is 0.103. The molecule has 1 aromatic carbocycles. The van der Waals surface area contributed by atoms with Gasteiger partial charge in [0.15, 0.2) is 0 Å². The van der Waals surface area contributed by atoms with Crippen LogP contribution in [0.3, 0.4) is 0 Å². The molecule has 2 aromatic rings. The number of rotatable bonds is 2. The summed E-state index contributed by atoms with van der Waals surface area (Å²) in [6.07, 6.45) is 0. The van der Waals surface area contributed by atoms with Crippen LogP contribution in [0.25, 0.3) is 0 Å². The molecular weight excluding hydrogens is 237 g/mol. The van der Waals surface area contributed by atoms with Gasteiger partial charge in [0.1, 0.15) is 11.5 Å². The molecule has 0 saturated heterocycles. The zero-order chi connectivity index (χ0) is 10.8. The Morgan fingerprint density at radius 3 is 2.80 bits per heavy atom. The van der Waals surface area contributed by atoms with Crippen LogP contribution in [0.4, 0.5) is 4.39 Å². The molecule has 15 heavy (non-hydrogen) atoms. The first-order valence-corrected chi connectivity index (χ1v) is 5.30. The van der Waals surface area contributed by atoms with Crippen LogP contribution in [0.5, 0.6) is 0 Å². The van der Waals surface area contributed by atoms with Crippen molar-refractivity contribution in [2.45, 2.75) is 0 Å². The van der Waals surface area contributed by atoms with E-state index in [1.54, 1.807) is 11.4 Å². The van der Waals surface area contributed by atoms with E-state index in [1.165, 1.54) is 23.7 Å². The second-order valence-corrected chi connectivity index (χ2v) is 3.91. The second kappa shape index (κ2) is 4.08. The summed E-state index contributed by atoms with van der Waals surface area (Å²) in [5, 5.41) is 1.80. The average molecular weight is 242 g/mol. The Balaban J connectivity index is 2.42. The number of hydrogen-bond acceptors (Lipinski definition) is 3. The van der Waals surface area contributed by atoms with Crippen LogP contribution < -0.4 is 0 Å². The maximum absolute atomic E-state index is 12.7. The summed E-state index contributed by atoms with van der Waals surface area (Å²) in [7, 11) is 0. The molecule has 76 valence electrons. The van der Waals surface area contributed by atoms with E-state index in [2.05, 4.69) is 4.37 Å². The lowest BCUT2D eigenvalue weighted by Crippen LogP contribution is -2.02. The number of carbonyl (C=O) groups excluding carboxylic acids is 1. The van der Waals surface area contributed by atoms with Gasteiger partial charge in [-0.1, -0.05) is 11.6 Å². The standard InChI is InChI=1S/C10H5ClFNOS/c11-8-5-6(12)1-2-7(8)10(14)9-3-4-15-13-9/h1-5H. The van der Waals surface area contributed by atoms with Crippen LogP contribution in [0, 0.1) is 5.82 Å². The molecule has 0 bridgehead atoms. The van der Waals surface area contributed by atoms with Crippen LogP contribution in [-0.2, 0) is 0 Å². The molecular formula is C10H5ClFNOS. The van der Waals surface area contributed by atoms with Gasteiger partial charge in [0.25, 0.3) is 0 Å². The van der Waals surface area contributed by atoms with Gasteiger partial charge in [0, 0.05) is 10.9 Å². The van der Waals surface area contributed by atoms with E-state index in [9.17, 15) is 9.18 Å². The summed E-state index contributed by atoms with van der Waals surface area (Å²) in [5.41, 5.74) is 0.595. The van der Waals surface area contributed by atoms with Crippen LogP contribution >= 0.6 is 23.1 Å². The quantitative estimate of drug-likeness (QED) is 0.756. The van der Waals surface area contributed by atoms with Crippen molar-refractivity contribution in [1.29, 1.82) is 0 Å². The second-order valence-electron chi connectivity index (χ2n) is 2.84. The Hall–Kier alpha value is -1.26. The van der Waals surface area contributed by atoms with Crippen LogP contribution in [0.2, 0.25) is 5.02 Å². The Bertz CT molecular complexity index is 498. The number of nitrogens with zero attached hydrogens (tertiary/aromatic N) is 1. The third-order valence-corrected chi connectivity index (χ3v) is 2.72. The van der Waals surface area contributed by atoms with Gasteiger partial charge in [-0.3, -0.25) is 4.79 Å². The van der Waals surface area contributed by atoms with Crippen molar-refractivity contribution in [2.75, 3.05) is 0 Å². The first-order valence-electron chi connectivity index (χ1n) is 4.08. The minimum atomic E-state index is -0.463. The third kappa shape index (κ3) is 2.06. The number of hydrogen-bond donors (Lipinski definition) is 0. The maximum atomic E-state index is 12.7. The van der Waals surface area contributed by atoms with Crippen molar-refractivity contribution in [3.63, 3.8) is 0 Å². The molecule has 0 fully saturated rings. The first kappa shape index (κ1) is 10.3. The number of benzene rings is 1. The summed E-state index contributed by atoms with van der Waals surface area (Å²) in [5.74, 6) is -0.754. The number of aromatic nitrogens is 1. The molecule has 2 nitrogen and oxygen atoms in total. The molecule has 0 amide bonds. The fourth-order valence-corrected chi connectivity index (χ4v) is 1.90. The van der Waals surface area contributed by atoms with Gasteiger partial charge in [0.05, 0.1) is 5.02 Å². The van der Waals surface area contributed by atoms with Gasteiger partial charge in [-0.25, -0.2) is 4.39 Å². The van der Waals surface area contributed by atoms with Gasteiger partial charge >= 0.3 is 0 Å². The molecule has 2 rings (SSSR count). The van der Waals surface area contributed by atoms with Gasteiger partial charge < -0.3 is 0 Å². The fourth-order valence-electron chi connectivity index (χ4n) is 1.14. The molecule has 0 aliphatic heterocycles. The molecule has 1 heterocycles. The lowest BCUT2D eigenvalue weighted by atomic mass is 10.1. The smallest absolute Gasteiger partial charge is 0.213 e. The predicted octanol–water partition coefficient (Wildman–Crippen LogP) is 3.17. The topological polar surface area (TPSA) is 30.0 Å². The van der Waals surface area contributed by atoms with Gasteiger partial charge in [-0.05, 0) is 35.8 Å². The molecule has 0 aliphatic rings. The van der Waals surface area contributed by atoms with E-state index in [-0.39, 0.29) is 16.4 Å². The number of carbonyl (C=O) groups is 1. The zero-order valence-corrected chi connectivity index (χ0v) is 8.98. The fraction of sp³-hybridized carbons (Fsp3) is 0. The van der Waals surface area contributed by atoms with Crippen molar-refractivity contribution in [3.8, 4) is 0 Å². The molecule has 0 unspecified atom stereocenters. The molecule has 0 saturated carbocycles. The van der Waals surface area contributed by atoms with Crippen LogP contribution in [0.1, 0.15) is 16.1 Å². The molecule has 0 atom stereocenters. The highest BCUT2D eigenvalue weighted by Gasteiger charge is 2.14. The highest BCUT2D eigenvalue weighted by Crippen LogP contribution is 2.20. The van der Waals surface area contributed by atoms with E-state index in [0.717, 1.165) is 6.07 Å². The van der Waals surface area contributed by atoms with Crippen molar-refractivity contribution in [2.24, 2.45) is 0 Å². The molecule has 0 aliphatic carbocycles. The SMILES string of the molecule is O=C(c1ccsn1)c1ccc(F)cc1Cl. The summed E-state index contributed by atoms with van der Waals surface area (Å²) in [6, 6.07) is 5.28. The van der Waals surface area contributed by atoms with Gasteiger partial charge in [-0.15, -0.1) is 0 Å². The van der Waals surface area contributed by atoms with Crippen molar-refractivity contribution in [1.82, 2.24) is 4.37 Å². The summed E-state index contributed by atoms with van der Waals surface area (Å²) >= 11 is 6.94. The Kier molecular flexibility index (Phi) is 2.79. The minimum absolute atomic E-state index is 0.105. The first-order chi connectivity index (χ1) is 7.18. The third-order valence-electron chi connectivity index (χ3n) is 1.85. The molecule has 5 heteroatoms. The Labute approximate surface area is 94.5 Å². The average Bonchev–Trinajstić information content (AvgIpc) is 2.69. The van der Waals surface area contributed by atoms with E-state index in [1.807, 2.05) is 0 Å². The highest BCUT2D eigenvalue weighted by atomic mass is 35.5. The van der Waals surface area contributed by atoms with E-state index in [0.29, 0.717) is 5.69 Å². The Morgan fingerprint density at radius 2 is 2.20 bits per heavy atom. The minimum Gasteiger partial charge on any atom is -0.287 e. The molecule has 0 spiro atoms. The van der Waals surface area contributed by atoms with E-state index in [4.69, 9.17) is 11.6 Å². The zero-order valence-electron chi connectivity index (χ0n) is 7.41. The van der Waals surface area contributed by atoms with Crippen molar-refractivity contribution in [3.05, 3.63) is 51.7 Å². The van der Waals surface area contributed by atoms with E-state index >= 15 is 0 Å². The lowest BCUT2D eigenvalue weighted by Gasteiger charge is -2.00. The van der Waals surface area contributed by atoms with E-state index < -0.39 is 5.82 Å². The maximum Gasteiger partial charge on any atom is 0.213 e. The van der Waals surface area contributed by atoms with Crippen LogP contribution in [-0.4, -0.2) is 10.2 Å². The molecule has 0 N–H and O–H groups in total. The normalized spacial score (nSPS) is 10.3. The van der Waals surface area contributed by atoms with Gasteiger partial charge in [-0.2, -0.15) is 4.37 Å². The van der Waals surface area contributed by atoms with Crippen molar-refractivity contribution >= 4 is 28.9 Å². The predicted molar refractivity (Wildman–Crippen MR) is 57.0 cm³/mol. The van der Waals surface area contributed by atoms with Gasteiger partial charge in [0.2, 0.25) is 5.78 Å². The highest BCUT2D eigenvalue weighted by molar-refractivity contribution is 7.03. The molecule has 0 radical (unpaired) electrons.